The average Bonchev–Trinajstić information content (AvgIpc) is 2.13. The molecular weight excluding hydrogens is 210 g/mol. The van der Waals surface area contributed by atoms with Crippen LogP contribution in [0.25, 0.3) is 0 Å². The molecule has 0 N–H and O–H groups in total. The molecule has 0 spiro atoms. The van der Waals surface area contributed by atoms with E-state index in [-0.39, 0.29) is 0 Å². The van der Waals surface area contributed by atoms with Crippen LogP contribution >= 0.6 is 0 Å². The molecule has 0 saturated carbocycles. The Bertz CT molecular complexity index is 193. The zero-order chi connectivity index (χ0) is 12.6. The molecular formula is C14H31NSi. The van der Waals surface area contributed by atoms with E-state index in [1.807, 2.05) is 0 Å². The molecule has 0 aliphatic carbocycles. The standard InChI is InChI=1S/C14H31NSi/c1-7-9-15(10-8-2)11-12-16(5,6)13-14(3)4/h3,7-13H2,1-2,4-6H3. The summed E-state index contributed by atoms with van der Waals surface area (Å²) in [5.74, 6) is 0. The highest BCUT2D eigenvalue weighted by atomic mass is 28.3. The van der Waals surface area contributed by atoms with Crippen LogP contribution in [-0.2, 0) is 0 Å². The van der Waals surface area contributed by atoms with Gasteiger partial charge in [0.05, 0.1) is 8.07 Å². The lowest BCUT2D eigenvalue weighted by molar-refractivity contribution is 0.288. The molecule has 0 aliphatic heterocycles. The Morgan fingerprint density at radius 2 is 1.56 bits per heavy atom. The molecule has 0 aromatic rings. The number of rotatable bonds is 9. The van der Waals surface area contributed by atoms with Crippen LogP contribution in [-0.4, -0.2) is 32.6 Å². The van der Waals surface area contributed by atoms with Crippen molar-refractivity contribution >= 4 is 8.07 Å². The van der Waals surface area contributed by atoms with E-state index < -0.39 is 8.07 Å². The summed E-state index contributed by atoms with van der Waals surface area (Å²) in [6, 6.07) is 2.71. The van der Waals surface area contributed by atoms with E-state index in [2.05, 4.69) is 45.3 Å². The van der Waals surface area contributed by atoms with Crippen LogP contribution in [0.5, 0.6) is 0 Å². The van der Waals surface area contributed by atoms with Gasteiger partial charge in [0.1, 0.15) is 0 Å². The number of nitrogens with zero attached hydrogens (tertiary/aromatic N) is 1. The molecule has 2 heteroatoms. The molecule has 0 aliphatic rings. The second kappa shape index (κ2) is 8.07. The maximum atomic E-state index is 4.06. The van der Waals surface area contributed by atoms with Crippen molar-refractivity contribution in [3.8, 4) is 0 Å². The SMILES string of the molecule is C=C(C)C[Si](C)(C)CCN(CCC)CCC. The van der Waals surface area contributed by atoms with Crippen LogP contribution in [0, 0.1) is 0 Å². The topological polar surface area (TPSA) is 3.24 Å². The van der Waals surface area contributed by atoms with E-state index in [0.29, 0.717) is 0 Å². The Kier molecular flexibility index (Phi) is 8.03. The first-order valence-electron chi connectivity index (χ1n) is 6.78. The summed E-state index contributed by atoms with van der Waals surface area (Å²) in [7, 11) is -1.03. The highest BCUT2D eigenvalue weighted by Crippen LogP contribution is 2.20. The summed E-state index contributed by atoms with van der Waals surface area (Å²) in [6.45, 7) is 19.6. The quantitative estimate of drug-likeness (QED) is 0.427. The Morgan fingerprint density at radius 3 is 1.94 bits per heavy atom. The molecule has 0 saturated heterocycles. The largest absolute Gasteiger partial charge is 0.304 e. The van der Waals surface area contributed by atoms with Crippen molar-refractivity contribution < 1.29 is 0 Å². The van der Waals surface area contributed by atoms with Crippen molar-refractivity contribution in [2.45, 2.75) is 58.8 Å². The molecule has 96 valence electrons. The second-order valence-electron chi connectivity index (χ2n) is 5.89. The third-order valence-corrected chi connectivity index (χ3v) is 6.10. The fourth-order valence-electron chi connectivity index (χ4n) is 2.33. The Hall–Kier alpha value is -0.0831. The van der Waals surface area contributed by atoms with Gasteiger partial charge in [-0.05, 0) is 51.5 Å². The molecule has 0 bridgehead atoms. The van der Waals surface area contributed by atoms with E-state index in [1.54, 1.807) is 0 Å². The summed E-state index contributed by atoms with van der Waals surface area (Å²) in [5.41, 5.74) is 1.37. The molecule has 0 atom stereocenters. The summed E-state index contributed by atoms with van der Waals surface area (Å²) in [5, 5.41) is 0. The van der Waals surface area contributed by atoms with E-state index in [9.17, 15) is 0 Å². The maximum absolute atomic E-state index is 4.06. The number of hydrogen-bond donors (Lipinski definition) is 0. The summed E-state index contributed by atoms with van der Waals surface area (Å²) < 4.78 is 0. The minimum Gasteiger partial charge on any atom is -0.304 e. The van der Waals surface area contributed by atoms with Crippen molar-refractivity contribution in [1.82, 2.24) is 4.90 Å². The van der Waals surface area contributed by atoms with Gasteiger partial charge in [0, 0.05) is 0 Å². The summed E-state index contributed by atoms with van der Waals surface area (Å²) in [6.07, 6.45) is 2.56. The molecule has 0 aromatic carbocycles. The van der Waals surface area contributed by atoms with E-state index in [0.717, 1.165) is 0 Å². The van der Waals surface area contributed by atoms with Crippen LogP contribution in [0.1, 0.15) is 33.6 Å². The molecule has 0 unspecified atom stereocenters. The minimum atomic E-state index is -1.03. The van der Waals surface area contributed by atoms with Gasteiger partial charge < -0.3 is 4.90 Å². The van der Waals surface area contributed by atoms with E-state index >= 15 is 0 Å². The molecule has 1 nitrogen and oxygen atoms in total. The Morgan fingerprint density at radius 1 is 1.06 bits per heavy atom. The third kappa shape index (κ3) is 8.11. The normalized spacial score (nSPS) is 12.1. The van der Waals surface area contributed by atoms with Crippen LogP contribution < -0.4 is 0 Å². The Labute approximate surface area is 104 Å². The molecule has 0 aromatic heterocycles. The number of hydrogen-bond acceptors (Lipinski definition) is 1. The summed E-state index contributed by atoms with van der Waals surface area (Å²) in [4.78, 5) is 2.63. The predicted octanol–water partition coefficient (Wildman–Crippen LogP) is 4.39. The third-order valence-electron chi connectivity index (χ3n) is 2.96. The van der Waals surface area contributed by atoms with Crippen LogP contribution in [0.2, 0.25) is 25.2 Å². The first kappa shape index (κ1) is 15.9. The highest BCUT2D eigenvalue weighted by molar-refractivity contribution is 6.78. The van der Waals surface area contributed by atoms with Gasteiger partial charge in [-0.15, -0.1) is 6.58 Å². The molecule has 16 heavy (non-hydrogen) atoms. The average molecular weight is 241 g/mol. The molecule has 0 amide bonds. The molecule has 0 rings (SSSR count). The van der Waals surface area contributed by atoms with Gasteiger partial charge in [-0.2, -0.15) is 0 Å². The fraction of sp³-hybridized carbons (Fsp3) is 0.857. The molecule has 0 radical (unpaired) electrons. The lowest BCUT2D eigenvalue weighted by atomic mass is 10.3. The Balaban J connectivity index is 4.01. The summed E-state index contributed by atoms with van der Waals surface area (Å²) >= 11 is 0. The smallest absolute Gasteiger partial charge is 0.0526 e. The van der Waals surface area contributed by atoms with Crippen LogP contribution in [0.4, 0.5) is 0 Å². The van der Waals surface area contributed by atoms with Crippen molar-refractivity contribution in [1.29, 1.82) is 0 Å². The molecule has 0 heterocycles. The van der Waals surface area contributed by atoms with Crippen molar-refractivity contribution in [3.63, 3.8) is 0 Å². The fourth-order valence-corrected chi connectivity index (χ4v) is 5.07. The second-order valence-corrected chi connectivity index (χ2v) is 11.1. The zero-order valence-electron chi connectivity index (χ0n) is 12.1. The number of allylic oxidation sites excluding steroid dienone is 1. The molecule has 0 fully saturated rings. The van der Waals surface area contributed by atoms with Crippen LogP contribution in [0.3, 0.4) is 0 Å². The maximum Gasteiger partial charge on any atom is 0.0526 e. The van der Waals surface area contributed by atoms with Crippen molar-refractivity contribution in [2.24, 2.45) is 0 Å². The minimum absolute atomic E-state index is 1.03. The lowest BCUT2D eigenvalue weighted by Gasteiger charge is -2.28. The zero-order valence-corrected chi connectivity index (χ0v) is 13.1. The monoisotopic (exact) mass is 241 g/mol. The van der Waals surface area contributed by atoms with Gasteiger partial charge in [0.15, 0.2) is 0 Å². The lowest BCUT2D eigenvalue weighted by Crippen LogP contribution is -2.34. The van der Waals surface area contributed by atoms with E-state index in [4.69, 9.17) is 0 Å². The first-order valence-corrected chi connectivity index (χ1v) is 10.2. The van der Waals surface area contributed by atoms with Gasteiger partial charge in [-0.1, -0.05) is 32.5 Å². The van der Waals surface area contributed by atoms with Crippen LogP contribution in [0.15, 0.2) is 12.2 Å². The van der Waals surface area contributed by atoms with Gasteiger partial charge in [0.2, 0.25) is 0 Å². The van der Waals surface area contributed by atoms with Gasteiger partial charge in [-0.3, -0.25) is 0 Å². The predicted molar refractivity (Wildman–Crippen MR) is 78.9 cm³/mol. The van der Waals surface area contributed by atoms with Gasteiger partial charge >= 0.3 is 0 Å². The van der Waals surface area contributed by atoms with Gasteiger partial charge in [0.25, 0.3) is 0 Å². The van der Waals surface area contributed by atoms with Crippen molar-refractivity contribution in [3.05, 3.63) is 12.2 Å². The van der Waals surface area contributed by atoms with E-state index in [1.165, 1.54) is 50.1 Å². The highest BCUT2D eigenvalue weighted by Gasteiger charge is 2.21. The van der Waals surface area contributed by atoms with Crippen molar-refractivity contribution in [2.75, 3.05) is 19.6 Å². The first-order chi connectivity index (χ1) is 7.41. The van der Waals surface area contributed by atoms with Gasteiger partial charge in [-0.25, -0.2) is 0 Å².